The fourth-order valence-corrected chi connectivity index (χ4v) is 9.48. The second kappa shape index (κ2) is 7.44. The number of rotatable bonds is 5. The zero-order valence-corrected chi connectivity index (χ0v) is 19.4. The number of hydrogen-bond donors (Lipinski definition) is 1. The summed E-state index contributed by atoms with van der Waals surface area (Å²) < 4.78 is 7.09. The van der Waals surface area contributed by atoms with Gasteiger partial charge < -0.3 is 9.92 Å². The van der Waals surface area contributed by atoms with Gasteiger partial charge in [0.05, 0.1) is 6.61 Å². The molecule has 0 aromatic heterocycles. The molecule has 4 atom stereocenters. The molecule has 29 heavy (non-hydrogen) atoms. The lowest BCUT2D eigenvalue weighted by atomic mass is 9.45. The van der Waals surface area contributed by atoms with Crippen molar-refractivity contribution >= 4 is 10.3 Å². The van der Waals surface area contributed by atoms with Gasteiger partial charge in [0.25, 0.3) is 0 Å². The van der Waals surface area contributed by atoms with E-state index in [4.69, 9.17) is 9.92 Å². The second-order valence-electron chi connectivity index (χ2n) is 10.5. The molecule has 2 nitrogen and oxygen atoms in total. The Hall–Kier alpha value is -1.29. The molecule has 0 saturated heterocycles. The van der Waals surface area contributed by atoms with Crippen LogP contribution in [0.4, 0.5) is 0 Å². The van der Waals surface area contributed by atoms with Crippen molar-refractivity contribution in [2.45, 2.75) is 68.0 Å². The Morgan fingerprint density at radius 3 is 1.86 bits per heavy atom. The molecule has 1 unspecified atom stereocenters. The molecule has 0 amide bonds. The SMILES string of the molecule is CC1(C)[C@H]2C[C@H](COS(c3ccccc3)(c3ccccc3)C(C)(C)C)C(N)[C@@H]1C2. The number of hydrogen-bond acceptors (Lipinski definition) is 2. The van der Waals surface area contributed by atoms with Gasteiger partial charge in [-0.15, -0.1) is 0 Å². The number of benzene rings is 2. The van der Waals surface area contributed by atoms with E-state index in [2.05, 4.69) is 95.3 Å². The third-order valence-corrected chi connectivity index (χ3v) is 11.7. The monoisotopic (exact) mass is 411 g/mol. The molecule has 3 heteroatoms. The van der Waals surface area contributed by atoms with Gasteiger partial charge in [0.15, 0.2) is 0 Å². The topological polar surface area (TPSA) is 35.2 Å². The summed E-state index contributed by atoms with van der Waals surface area (Å²) in [7, 11) is -1.68. The molecule has 3 fully saturated rings. The molecule has 2 aromatic carbocycles. The Balaban J connectivity index is 1.69. The molecule has 3 aliphatic rings. The van der Waals surface area contributed by atoms with E-state index in [0.29, 0.717) is 17.3 Å². The first kappa shape index (κ1) is 21.0. The molecule has 158 valence electrons. The van der Waals surface area contributed by atoms with Crippen molar-refractivity contribution in [2.24, 2.45) is 28.9 Å². The first-order valence-corrected chi connectivity index (χ1v) is 12.6. The van der Waals surface area contributed by atoms with Crippen LogP contribution in [0.2, 0.25) is 0 Å². The van der Waals surface area contributed by atoms with E-state index in [0.717, 1.165) is 12.5 Å². The van der Waals surface area contributed by atoms with E-state index in [9.17, 15) is 0 Å². The standard InChI is InChI=1S/C26H37NOS/c1-25(2,3)29(21-12-8-6-9-13-21,22-14-10-7-11-15-22)28-18-19-16-20-17-23(24(19)27)26(20,4)5/h6-15,19-20,23-24H,16-18,27H2,1-5H3/t19-,20+,23+,24?/m1/s1. The highest BCUT2D eigenvalue weighted by Crippen LogP contribution is 2.71. The van der Waals surface area contributed by atoms with Gasteiger partial charge in [-0.2, -0.15) is 0 Å². The van der Waals surface area contributed by atoms with Crippen LogP contribution in [0.5, 0.6) is 0 Å². The fourth-order valence-electron chi connectivity index (χ4n) is 5.71. The van der Waals surface area contributed by atoms with Crippen molar-refractivity contribution in [3.05, 3.63) is 60.7 Å². The van der Waals surface area contributed by atoms with Crippen molar-refractivity contribution in [1.82, 2.24) is 0 Å². The molecular formula is C26H37NOS. The summed E-state index contributed by atoms with van der Waals surface area (Å²) in [5.74, 6) is 1.89. The summed E-state index contributed by atoms with van der Waals surface area (Å²) in [6.45, 7) is 12.5. The van der Waals surface area contributed by atoms with Crippen molar-refractivity contribution in [2.75, 3.05) is 6.61 Å². The molecule has 3 saturated carbocycles. The van der Waals surface area contributed by atoms with Crippen LogP contribution in [0.3, 0.4) is 0 Å². The van der Waals surface area contributed by atoms with Crippen molar-refractivity contribution in [3.63, 3.8) is 0 Å². The second-order valence-corrected chi connectivity index (χ2v) is 14.0. The van der Waals surface area contributed by atoms with Gasteiger partial charge in [0.1, 0.15) is 0 Å². The zero-order chi connectivity index (χ0) is 20.9. The molecule has 0 aliphatic heterocycles. The van der Waals surface area contributed by atoms with Crippen LogP contribution in [-0.2, 0) is 4.18 Å². The highest BCUT2D eigenvalue weighted by atomic mass is 32.3. The Labute approximate surface area is 178 Å². The van der Waals surface area contributed by atoms with Crippen LogP contribution in [0.1, 0.15) is 47.5 Å². The van der Waals surface area contributed by atoms with Gasteiger partial charge in [0.2, 0.25) is 0 Å². The maximum Gasteiger partial charge on any atom is 0.0644 e. The highest BCUT2D eigenvalue weighted by molar-refractivity contribution is 8.31. The zero-order valence-electron chi connectivity index (χ0n) is 18.6. The predicted molar refractivity (Wildman–Crippen MR) is 124 cm³/mol. The first-order valence-electron chi connectivity index (χ1n) is 11.0. The summed E-state index contributed by atoms with van der Waals surface area (Å²) in [5.41, 5.74) is 7.19. The van der Waals surface area contributed by atoms with Crippen molar-refractivity contribution < 1.29 is 4.18 Å². The lowest BCUT2D eigenvalue weighted by molar-refractivity contribution is -0.110. The average Bonchev–Trinajstić information content (AvgIpc) is 2.69. The van der Waals surface area contributed by atoms with Gasteiger partial charge in [0, 0.05) is 20.6 Å². The van der Waals surface area contributed by atoms with Crippen LogP contribution in [-0.4, -0.2) is 17.4 Å². The third-order valence-electron chi connectivity index (χ3n) is 7.61. The van der Waals surface area contributed by atoms with E-state index in [1.54, 1.807) is 0 Å². The quantitative estimate of drug-likeness (QED) is 0.598. The molecule has 3 aliphatic carbocycles. The van der Waals surface area contributed by atoms with E-state index in [-0.39, 0.29) is 10.8 Å². The van der Waals surface area contributed by atoms with Gasteiger partial charge in [-0.3, -0.25) is 0 Å². The fraction of sp³-hybridized carbons (Fsp3) is 0.538. The average molecular weight is 412 g/mol. The van der Waals surface area contributed by atoms with Gasteiger partial charge in [-0.1, -0.05) is 60.6 Å². The maximum atomic E-state index is 7.12. The van der Waals surface area contributed by atoms with Gasteiger partial charge in [-0.05, 0) is 81.0 Å². The predicted octanol–water partition coefficient (Wildman–Crippen LogP) is 6.65. The normalized spacial score (nSPS) is 29.2. The van der Waals surface area contributed by atoms with Crippen LogP contribution in [0, 0.1) is 23.2 Å². The Bertz CT molecular complexity index is 787. The molecule has 0 radical (unpaired) electrons. The molecule has 2 aromatic rings. The van der Waals surface area contributed by atoms with Crippen LogP contribution in [0.25, 0.3) is 0 Å². The van der Waals surface area contributed by atoms with E-state index in [1.165, 1.54) is 22.6 Å². The lowest BCUT2D eigenvalue weighted by Crippen LogP contribution is -2.62. The minimum atomic E-state index is -1.68. The smallest absolute Gasteiger partial charge is 0.0644 e. The molecule has 2 bridgehead atoms. The van der Waals surface area contributed by atoms with Crippen LogP contribution >= 0.6 is 10.3 Å². The van der Waals surface area contributed by atoms with Crippen molar-refractivity contribution in [1.29, 1.82) is 0 Å². The minimum absolute atomic E-state index is 0.0311. The highest BCUT2D eigenvalue weighted by Gasteiger charge is 2.57. The van der Waals surface area contributed by atoms with Crippen LogP contribution in [0.15, 0.2) is 70.5 Å². The van der Waals surface area contributed by atoms with Crippen LogP contribution < -0.4 is 5.73 Å². The summed E-state index contributed by atoms with van der Waals surface area (Å²) in [6.07, 6.45) is 2.51. The van der Waals surface area contributed by atoms with E-state index >= 15 is 0 Å². The number of fused-ring (bicyclic) bond motifs is 2. The summed E-state index contributed by atoms with van der Waals surface area (Å²) >= 11 is 0. The Morgan fingerprint density at radius 1 is 0.931 bits per heavy atom. The summed E-state index contributed by atoms with van der Waals surface area (Å²) in [6, 6.07) is 22.0. The lowest BCUT2D eigenvalue weighted by Gasteiger charge is -2.62. The van der Waals surface area contributed by atoms with Gasteiger partial charge >= 0.3 is 0 Å². The van der Waals surface area contributed by atoms with E-state index < -0.39 is 10.3 Å². The Morgan fingerprint density at radius 2 is 1.45 bits per heavy atom. The minimum Gasteiger partial charge on any atom is -0.327 e. The Kier molecular flexibility index (Phi) is 5.38. The largest absolute Gasteiger partial charge is 0.327 e. The molecular weight excluding hydrogens is 374 g/mol. The summed E-state index contributed by atoms with van der Waals surface area (Å²) in [5, 5.41) is 0. The summed E-state index contributed by atoms with van der Waals surface area (Å²) in [4.78, 5) is 2.60. The van der Waals surface area contributed by atoms with E-state index in [1.807, 2.05) is 0 Å². The third kappa shape index (κ3) is 3.36. The molecule has 2 N–H and O–H groups in total. The molecule has 0 heterocycles. The maximum absolute atomic E-state index is 7.12. The molecule has 0 spiro atoms. The van der Waals surface area contributed by atoms with Crippen molar-refractivity contribution in [3.8, 4) is 0 Å². The first-order chi connectivity index (χ1) is 13.7. The molecule has 5 rings (SSSR count). The van der Waals surface area contributed by atoms with Gasteiger partial charge in [-0.25, -0.2) is 0 Å². The number of nitrogens with two attached hydrogens (primary N) is 1.